The van der Waals surface area contributed by atoms with Crippen LogP contribution < -0.4 is 10.1 Å². The fraction of sp³-hybridized carbons (Fsp3) is 0.476. The minimum absolute atomic E-state index is 0.117. The van der Waals surface area contributed by atoms with E-state index in [0.717, 1.165) is 50.3 Å². The fourth-order valence-corrected chi connectivity index (χ4v) is 3.49. The summed E-state index contributed by atoms with van der Waals surface area (Å²) in [6, 6.07) is 7.21. The first-order valence-electron chi connectivity index (χ1n) is 9.90. The maximum absolute atomic E-state index is 12.3. The lowest BCUT2D eigenvalue weighted by Crippen LogP contribution is -2.42. The first-order valence-corrected chi connectivity index (χ1v) is 9.90. The number of rotatable bonds is 6. The van der Waals surface area contributed by atoms with Crippen molar-refractivity contribution in [3.63, 3.8) is 0 Å². The number of nitrogens with zero attached hydrogens (tertiary/aromatic N) is 3. The van der Waals surface area contributed by atoms with Gasteiger partial charge in [-0.1, -0.05) is 0 Å². The zero-order valence-electron chi connectivity index (χ0n) is 16.1. The number of hydrogen-bond acceptors (Lipinski definition) is 4. The van der Waals surface area contributed by atoms with Crippen molar-refractivity contribution >= 4 is 11.8 Å². The van der Waals surface area contributed by atoms with E-state index in [-0.39, 0.29) is 17.9 Å². The summed E-state index contributed by atoms with van der Waals surface area (Å²) in [4.78, 5) is 30.6. The summed E-state index contributed by atoms with van der Waals surface area (Å²) in [5.41, 5.74) is 0.589. The summed E-state index contributed by atoms with van der Waals surface area (Å²) in [5, 5.41) is 2.87. The monoisotopic (exact) mass is 382 g/mol. The Hall–Kier alpha value is -2.83. The lowest BCUT2D eigenvalue weighted by atomic mass is 10.1. The predicted octanol–water partition coefficient (Wildman–Crippen LogP) is 2.13. The van der Waals surface area contributed by atoms with Crippen LogP contribution in [0.15, 0.2) is 36.7 Å². The summed E-state index contributed by atoms with van der Waals surface area (Å²) in [6.07, 6.45) is 7.48. The molecule has 2 amide bonds. The van der Waals surface area contributed by atoms with Gasteiger partial charge in [0.15, 0.2) is 0 Å². The highest BCUT2D eigenvalue weighted by molar-refractivity contribution is 5.94. The lowest BCUT2D eigenvalue weighted by Gasteiger charge is -2.32. The molecule has 2 heterocycles. The minimum Gasteiger partial charge on any atom is -0.490 e. The van der Waals surface area contributed by atoms with Crippen molar-refractivity contribution in [3.05, 3.63) is 48.0 Å². The molecule has 1 aliphatic carbocycles. The average molecular weight is 382 g/mol. The zero-order chi connectivity index (χ0) is 19.5. The molecule has 1 aromatic carbocycles. The number of hydrogen-bond donors (Lipinski definition) is 1. The smallest absolute Gasteiger partial charge is 0.251 e. The van der Waals surface area contributed by atoms with Gasteiger partial charge in [-0.05, 0) is 37.1 Å². The fourth-order valence-electron chi connectivity index (χ4n) is 3.49. The highest BCUT2D eigenvalue weighted by Crippen LogP contribution is 2.32. The van der Waals surface area contributed by atoms with Crippen LogP contribution in [-0.2, 0) is 18.4 Å². The van der Waals surface area contributed by atoms with E-state index in [2.05, 4.69) is 10.3 Å². The van der Waals surface area contributed by atoms with Crippen LogP contribution >= 0.6 is 0 Å². The maximum Gasteiger partial charge on any atom is 0.251 e. The van der Waals surface area contributed by atoms with Gasteiger partial charge < -0.3 is 19.5 Å². The van der Waals surface area contributed by atoms with Crippen molar-refractivity contribution in [1.82, 2.24) is 19.8 Å². The molecule has 0 bridgehead atoms. The van der Waals surface area contributed by atoms with Gasteiger partial charge in [-0.25, -0.2) is 4.98 Å². The van der Waals surface area contributed by atoms with E-state index in [0.29, 0.717) is 18.0 Å². The number of aryl methyl sites for hydroxylation is 1. The SMILES string of the molecule is Cn1ccnc1CNC(=O)c1ccc(OC2CCN(C(=O)C3CC3)CC2)cc1. The Morgan fingerprint density at radius 2 is 1.86 bits per heavy atom. The van der Waals surface area contributed by atoms with Crippen LogP contribution in [0.5, 0.6) is 5.75 Å². The van der Waals surface area contributed by atoms with Gasteiger partial charge in [0, 0.05) is 56.9 Å². The van der Waals surface area contributed by atoms with Gasteiger partial charge in [0.25, 0.3) is 5.91 Å². The number of nitrogens with one attached hydrogen (secondary N) is 1. The topological polar surface area (TPSA) is 76.5 Å². The van der Waals surface area contributed by atoms with Gasteiger partial charge in [0.05, 0.1) is 6.54 Å². The molecule has 1 aliphatic heterocycles. The second-order valence-corrected chi connectivity index (χ2v) is 7.58. The summed E-state index contributed by atoms with van der Waals surface area (Å²) in [5.74, 6) is 2.03. The van der Waals surface area contributed by atoms with E-state index in [1.807, 2.05) is 34.8 Å². The number of carbonyl (C=O) groups is 2. The number of carbonyl (C=O) groups excluding carboxylic acids is 2. The van der Waals surface area contributed by atoms with E-state index < -0.39 is 0 Å². The van der Waals surface area contributed by atoms with Crippen LogP contribution in [0.4, 0.5) is 0 Å². The molecule has 7 heteroatoms. The van der Waals surface area contributed by atoms with Crippen molar-refractivity contribution in [3.8, 4) is 5.75 Å². The number of aromatic nitrogens is 2. The van der Waals surface area contributed by atoms with E-state index in [1.165, 1.54) is 0 Å². The molecule has 1 N–H and O–H groups in total. The third-order valence-electron chi connectivity index (χ3n) is 5.43. The van der Waals surface area contributed by atoms with Crippen molar-refractivity contribution in [1.29, 1.82) is 0 Å². The van der Waals surface area contributed by atoms with E-state index in [4.69, 9.17) is 4.74 Å². The Bertz CT molecular complexity index is 834. The Morgan fingerprint density at radius 3 is 2.46 bits per heavy atom. The van der Waals surface area contributed by atoms with Crippen LogP contribution in [0.1, 0.15) is 41.9 Å². The van der Waals surface area contributed by atoms with E-state index in [1.54, 1.807) is 18.3 Å². The summed E-state index contributed by atoms with van der Waals surface area (Å²) in [6.45, 7) is 1.93. The van der Waals surface area contributed by atoms with Crippen LogP contribution in [0.2, 0.25) is 0 Å². The third-order valence-corrected chi connectivity index (χ3v) is 5.43. The molecular formula is C21H26N4O3. The van der Waals surface area contributed by atoms with Crippen molar-refractivity contribution in [2.45, 2.75) is 38.3 Å². The molecule has 1 saturated carbocycles. The molecule has 2 fully saturated rings. The molecule has 2 aliphatic rings. The average Bonchev–Trinajstić information content (AvgIpc) is 3.49. The number of amides is 2. The zero-order valence-corrected chi connectivity index (χ0v) is 16.1. The van der Waals surface area contributed by atoms with Crippen LogP contribution in [0.25, 0.3) is 0 Å². The lowest BCUT2D eigenvalue weighted by molar-refractivity contribution is -0.134. The normalized spacial score (nSPS) is 17.4. The second kappa shape index (κ2) is 8.04. The molecule has 1 saturated heterocycles. The van der Waals surface area contributed by atoms with Crippen LogP contribution in [-0.4, -0.2) is 45.5 Å². The Kier molecular flexibility index (Phi) is 5.32. The maximum atomic E-state index is 12.3. The molecule has 4 rings (SSSR count). The van der Waals surface area contributed by atoms with Gasteiger partial charge in [-0.2, -0.15) is 0 Å². The number of likely N-dealkylation sites (tertiary alicyclic amines) is 1. The highest BCUT2D eigenvalue weighted by atomic mass is 16.5. The molecule has 0 unspecified atom stereocenters. The van der Waals surface area contributed by atoms with Gasteiger partial charge in [0.1, 0.15) is 17.7 Å². The quantitative estimate of drug-likeness (QED) is 0.830. The van der Waals surface area contributed by atoms with Gasteiger partial charge in [-0.3, -0.25) is 9.59 Å². The molecule has 0 atom stereocenters. The van der Waals surface area contributed by atoms with E-state index >= 15 is 0 Å². The second-order valence-electron chi connectivity index (χ2n) is 7.58. The largest absolute Gasteiger partial charge is 0.490 e. The number of ether oxygens (including phenoxy) is 1. The molecule has 7 nitrogen and oxygen atoms in total. The molecule has 2 aromatic rings. The Morgan fingerprint density at radius 1 is 1.14 bits per heavy atom. The third kappa shape index (κ3) is 4.35. The first kappa shape index (κ1) is 18.5. The highest BCUT2D eigenvalue weighted by Gasteiger charge is 2.35. The van der Waals surface area contributed by atoms with Gasteiger partial charge in [-0.15, -0.1) is 0 Å². The first-order chi connectivity index (χ1) is 13.6. The van der Waals surface area contributed by atoms with Gasteiger partial charge in [0.2, 0.25) is 5.91 Å². The number of imidazole rings is 1. The standard InChI is InChI=1S/C21H26N4O3/c1-24-13-10-22-19(24)14-23-20(26)15-4-6-17(7-5-15)28-18-8-11-25(12-9-18)21(27)16-2-3-16/h4-7,10,13,16,18H,2-3,8-9,11-12,14H2,1H3,(H,23,26). The van der Waals surface area contributed by atoms with E-state index in [9.17, 15) is 9.59 Å². The van der Waals surface area contributed by atoms with Crippen molar-refractivity contribution in [2.75, 3.05) is 13.1 Å². The molecular weight excluding hydrogens is 356 g/mol. The predicted molar refractivity (Wildman–Crippen MR) is 104 cm³/mol. The summed E-state index contributed by atoms with van der Waals surface area (Å²) >= 11 is 0. The Balaban J connectivity index is 1.25. The Labute approximate surface area is 164 Å². The molecule has 0 radical (unpaired) electrons. The molecule has 148 valence electrons. The summed E-state index contributed by atoms with van der Waals surface area (Å²) < 4.78 is 7.92. The van der Waals surface area contributed by atoms with Crippen LogP contribution in [0.3, 0.4) is 0 Å². The van der Waals surface area contributed by atoms with Crippen LogP contribution in [0, 0.1) is 5.92 Å². The summed E-state index contributed by atoms with van der Waals surface area (Å²) in [7, 11) is 1.90. The van der Waals surface area contributed by atoms with Gasteiger partial charge >= 0.3 is 0 Å². The number of benzene rings is 1. The minimum atomic E-state index is -0.138. The molecule has 28 heavy (non-hydrogen) atoms. The molecule has 1 aromatic heterocycles. The number of piperidine rings is 1. The van der Waals surface area contributed by atoms with Crippen molar-refractivity contribution < 1.29 is 14.3 Å². The molecule has 0 spiro atoms. The van der Waals surface area contributed by atoms with Crippen molar-refractivity contribution in [2.24, 2.45) is 13.0 Å².